The predicted octanol–water partition coefficient (Wildman–Crippen LogP) is 5.24. The number of carbonyl (C=O) groups is 3. The van der Waals surface area contributed by atoms with Crippen molar-refractivity contribution in [1.82, 2.24) is 4.98 Å². The van der Waals surface area contributed by atoms with Crippen molar-refractivity contribution >= 4 is 40.7 Å². The number of pyridine rings is 1. The molecule has 1 N–H and O–H groups in total. The van der Waals surface area contributed by atoms with Crippen LogP contribution in [0.1, 0.15) is 46.9 Å². The average molecular weight is 521 g/mol. The van der Waals surface area contributed by atoms with Gasteiger partial charge in [0, 0.05) is 18.1 Å². The van der Waals surface area contributed by atoms with Gasteiger partial charge in [-0.15, -0.1) is 0 Å². The first-order valence-electron chi connectivity index (χ1n) is 11.5. The highest BCUT2D eigenvalue weighted by Crippen LogP contribution is 2.44. The number of methoxy groups -OCH3 is 1. The van der Waals surface area contributed by atoms with Crippen molar-refractivity contribution in [2.24, 2.45) is 0 Å². The van der Waals surface area contributed by atoms with Crippen LogP contribution in [0.2, 0.25) is 5.02 Å². The maximum Gasteiger partial charge on any atom is 0.338 e. The molecule has 0 spiro atoms. The molecule has 1 unspecified atom stereocenters. The summed E-state index contributed by atoms with van der Waals surface area (Å²) < 4.78 is 10.6. The first-order chi connectivity index (χ1) is 17.6. The molecule has 1 aliphatic heterocycles. The number of ether oxygens (including phenoxy) is 2. The number of aromatic nitrogens is 1. The highest BCUT2D eigenvalue weighted by Gasteiger charge is 2.47. The van der Waals surface area contributed by atoms with Crippen LogP contribution in [0.3, 0.4) is 0 Å². The van der Waals surface area contributed by atoms with Gasteiger partial charge in [0.15, 0.2) is 0 Å². The Hall–Kier alpha value is -4.17. The number of aliphatic hydroxyl groups is 1. The van der Waals surface area contributed by atoms with Gasteiger partial charge in [-0.25, -0.2) is 4.79 Å². The molecule has 37 heavy (non-hydrogen) atoms. The zero-order valence-corrected chi connectivity index (χ0v) is 21.4. The molecule has 1 aromatic heterocycles. The van der Waals surface area contributed by atoms with Crippen LogP contribution in [0, 0.1) is 6.92 Å². The first kappa shape index (κ1) is 25.9. The van der Waals surface area contributed by atoms with Gasteiger partial charge in [-0.2, -0.15) is 0 Å². The third kappa shape index (κ3) is 4.93. The molecule has 0 aliphatic carbocycles. The molecule has 9 heteroatoms. The van der Waals surface area contributed by atoms with E-state index in [1.54, 1.807) is 57.2 Å². The molecule has 2 heterocycles. The number of aryl methyl sites for hydroxylation is 1. The number of esters is 1. The SMILES string of the molecule is COc1c(Cl)cc(C)cc1/C(O)=C1\C(=O)C(=O)N(c2ccc(C(=O)OC(C)C)cc2)C1c1ccncc1. The second kappa shape index (κ2) is 10.4. The number of amides is 1. The summed E-state index contributed by atoms with van der Waals surface area (Å²) in [6, 6.07) is 11.8. The van der Waals surface area contributed by atoms with Crippen molar-refractivity contribution < 1.29 is 29.0 Å². The van der Waals surface area contributed by atoms with Crippen molar-refractivity contribution in [3.05, 3.63) is 93.8 Å². The van der Waals surface area contributed by atoms with Crippen LogP contribution in [0.25, 0.3) is 5.76 Å². The summed E-state index contributed by atoms with van der Waals surface area (Å²) >= 11 is 6.33. The van der Waals surface area contributed by atoms with Gasteiger partial charge in [0.2, 0.25) is 0 Å². The summed E-state index contributed by atoms with van der Waals surface area (Å²) in [5.41, 5.74) is 2.01. The van der Waals surface area contributed by atoms with Gasteiger partial charge in [-0.1, -0.05) is 11.6 Å². The maximum atomic E-state index is 13.4. The monoisotopic (exact) mass is 520 g/mol. The zero-order chi connectivity index (χ0) is 26.9. The summed E-state index contributed by atoms with van der Waals surface area (Å²) in [7, 11) is 1.40. The smallest absolute Gasteiger partial charge is 0.338 e. The minimum absolute atomic E-state index is 0.125. The Bertz CT molecular complexity index is 1400. The number of halogens is 1. The van der Waals surface area contributed by atoms with E-state index in [4.69, 9.17) is 21.1 Å². The molecule has 8 nitrogen and oxygen atoms in total. The Balaban J connectivity index is 1.88. The summed E-state index contributed by atoms with van der Waals surface area (Å²) in [6.07, 6.45) is 2.78. The van der Waals surface area contributed by atoms with Gasteiger partial charge in [0.1, 0.15) is 11.5 Å². The summed E-state index contributed by atoms with van der Waals surface area (Å²) in [4.78, 5) is 44.3. The molecule has 1 fully saturated rings. The summed E-state index contributed by atoms with van der Waals surface area (Å²) in [5, 5.41) is 11.7. The Kier molecular flexibility index (Phi) is 7.31. The average Bonchev–Trinajstić information content (AvgIpc) is 3.13. The lowest BCUT2D eigenvalue weighted by atomic mass is 9.95. The molecular formula is C28H25ClN2O6. The van der Waals surface area contributed by atoms with Gasteiger partial charge in [0.25, 0.3) is 11.7 Å². The number of nitrogens with zero attached hydrogens (tertiary/aromatic N) is 2. The molecule has 4 rings (SSSR count). The molecule has 1 saturated heterocycles. The number of aliphatic hydroxyl groups excluding tert-OH is 1. The Morgan fingerprint density at radius 3 is 2.32 bits per heavy atom. The largest absolute Gasteiger partial charge is 0.507 e. The first-order valence-corrected chi connectivity index (χ1v) is 11.9. The van der Waals surface area contributed by atoms with Crippen LogP contribution in [0.15, 0.2) is 66.5 Å². The quantitative estimate of drug-likeness (QED) is 0.205. The van der Waals surface area contributed by atoms with E-state index >= 15 is 0 Å². The van der Waals surface area contributed by atoms with Crippen LogP contribution in [0.4, 0.5) is 5.69 Å². The van der Waals surface area contributed by atoms with E-state index in [1.807, 2.05) is 0 Å². The predicted molar refractivity (Wildman–Crippen MR) is 139 cm³/mol. The molecular weight excluding hydrogens is 496 g/mol. The molecule has 190 valence electrons. The molecule has 2 aromatic carbocycles. The zero-order valence-electron chi connectivity index (χ0n) is 20.7. The van der Waals surface area contributed by atoms with Crippen LogP contribution < -0.4 is 9.64 Å². The van der Waals surface area contributed by atoms with Crippen molar-refractivity contribution in [2.45, 2.75) is 32.9 Å². The Morgan fingerprint density at radius 1 is 1.08 bits per heavy atom. The van der Waals surface area contributed by atoms with Gasteiger partial charge in [0.05, 0.1) is 41.0 Å². The number of hydrogen-bond acceptors (Lipinski definition) is 7. The number of carbonyl (C=O) groups excluding carboxylic acids is 3. The Morgan fingerprint density at radius 2 is 1.73 bits per heavy atom. The standard InChI is InChI=1S/C28H25ClN2O6/c1-15(2)37-28(35)18-5-7-19(8-6-18)31-23(17-9-11-30-12-10-17)22(25(33)27(31)34)24(32)20-13-16(3)14-21(29)26(20)36-4/h5-15,23,32H,1-4H3/b24-22+. The van der Waals surface area contributed by atoms with Crippen molar-refractivity contribution in [2.75, 3.05) is 12.0 Å². The van der Waals surface area contributed by atoms with Gasteiger partial charge in [-0.05, 0) is 80.4 Å². The lowest BCUT2D eigenvalue weighted by molar-refractivity contribution is -0.132. The van der Waals surface area contributed by atoms with Gasteiger partial charge < -0.3 is 14.6 Å². The number of anilines is 1. The van der Waals surface area contributed by atoms with E-state index in [2.05, 4.69) is 4.98 Å². The van der Waals surface area contributed by atoms with Crippen LogP contribution in [0.5, 0.6) is 5.75 Å². The number of benzene rings is 2. The molecule has 1 atom stereocenters. The lowest BCUT2D eigenvalue weighted by Gasteiger charge is -2.25. The number of rotatable bonds is 6. The molecule has 0 bridgehead atoms. The second-order valence-corrected chi connectivity index (χ2v) is 9.19. The van der Waals surface area contributed by atoms with Crippen molar-refractivity contribution in [3.63, 3.8) is 0 Å². The van der Waals surface area contributed by atoms with Gasteiger partial charge in [-0.3, -0.25) is 19.5 Å². The number of ketones is 1. The maximum absolute atomic E-state index is 13.4. The highest BCUT2D eigenvalue weighted by atomic mass is 35.5. The summed E-state index contributed by atoms with van der Waals surface area (Å²) in [6.45, 7) is 5.28. The van der Waals surface area contributed by atoms with E-state index in [1.165, 1.54) is 36.5 Å². The van der Waals surface area contributed by atoms with E-state index in [9.17, 15) is 19.5 Å². The van der Waals surface area contributed by atoms with E-state index < -0.39 is 29.5 Å². The van der Waals surface area contributed by atoms with E-state index in [0.717, 1.165) is 5.56 Å². The van der Waals surface area contributed by atoms with Crippen LogP contribution >= 0.6 is 11.6 Å². The molecule has 0 saturated carbocycles. The topological polar surface area (TPSA) is 106 Å². The fraction of sp³-hybridized carbons (Fsp3) is 0.214. The van der Waals surface area contributed by atoms with Crippen molar-refractivity contribution in [1.29, 1.82) is 0 Å². The fourth-order valence-corrected chi connectivity index (χ4v) is 4.61. The van der Waals surface area contributed by atoms with Crippen molar-refractivity contribution in [3.8, 4) is 5.75 Å². The molecule has 1 aliphatic rings. The summed E-state index contributed by atoms with van der Waals surface area (Å²) in [5.74, 6) is -2.45. The number of hydrogen-bond donors (Lipinski definition) is 1. The number of Topliss-reactive ketones (excluding diaryl/α,β-unsaturated/α-hetero) is 1. The molecule has 3 aromatic rings. The second-order valence-electron chi connectivity index (χ2n) is 8.78. The Labute approximate surface area is 219 Å². The highest BCUT2D eigenvalue weighted by molar-refractivity contribution is 6.51. The van der Waals surface area contributed by atoms with E-state index in [0.29, 0.717) is 16.8 Å². The molecule has 1 amide bonds. The minimum atomic E-state index is -0.972. The third-order valence-corrected chi connectivity index (χ3v) is 6.12. The third-order valence-electron chi connectivity index (χ3n) is 5.84. The van der Waals surface area contributed by atoms with Crippen LogP contribution in [-0.4, -0.2) is 41.0 Å². The normalized spacial score (nSPS) is 16.8. The fourth-order valence-electron chi connectivity index (χ4n) is 4.26. The van der Waals surface area contributed by atoms with Crippen LogP contribution in [-0.2, 0) is 14.3 Å². The minimum Gasteiger partial charge on any atom is -0.507 e. The molecule has 0 radical (unpaired) electrons. The van der Waals surface area contributed by atoms with E-state index in [-0.39, 0.29) is 28.0 Å². The van der Waals surface area contributed by atoms with Gasteiger partial charge >= 0.3 is 5.97 Å². The lowest BCUT2D eigenvalue weighted by Crippen LogP contribution is -2.29.